The van der Waals surface area contributed by atoms with Gasteiger partial charge in [-0.1, -0.05) is 23.7 Å². The van der Waals surface area contributed by atoms with Crippen LogP contribution >= 0.6 is 11.6 Å². The second-order valence-corrected chi connectivity index (χ2v) is 5.10. The van der Waals surface area contributed by atoms with Gasteiger partial charge in [0.1, 0.15) is 0 Å². The van der Waals surface area contributed by atoms with Crippen LogP contribution in [0.2, 0.25) is 5.02 Å². The maximum Gasteiger partial charge on any atom is 0.0949 e. The zero-order valence-electron chi connectivity index (χ0n) is 10.7. The average Bonchev–Trinajstić information content (AvgIpc) is 2.87. The van der Waals surface area contributed by atoms with Gasteiger partial charge in [0.25, 0.3) is 0 Å². The molecule has 1 aliphatic heterocycles. The van der Waals surface area contributed by atoms with Gasteiger partial charge >= 0.3 is 0 Å². The first-order chi connectivity index (χ1) is 8.79. The molecule has 0 amide bonds. The molecule has 1 heterocycles. The van der Waals surface area contributed by atoms with E-state index in [4.69, 9.17) is 21.1 Å². The van der Waals surface area contributed by atoms with Crippen LogP contribution in [-0.4, -0.2) is 33.4 Å². The molecular weight excluding hydrogens is 250 g/mol. The summed E-state index contributed by atoms with van der Waals surface area (Å²) < 4.78 is 11.4. The van der Waals surface area contributed by atoms with Crippen molar-refractivity contribution in [2.24, 2.45) is 5.92 Å². The lowest BCUT2D eigenvalue weighted by Crippen LogP contribution is -2.22. The van der Waals surface area contributed by atoms with Gasteiger partial charge < -0.3 is 14.8 Å². The van der Waals surface area contributed by atoms with Crippen LogP contribution < -0.4 is 5.32 Å². The van der Waals surface area contributed by atoms with Gasteiger partial charge in [0.15, 0.2) is 0 Å². The highest BCUT2D eigenvalue weighted by molar-refractivity contribution is 6.30. The van der Waals surface area contributed by atoms with Gasteiger partial charge in [-0.05, 0) is 31.2 Å². The third-order valence-corrected chi connectivity index (χ3v) is 3.40. The van der Waals surface area contributed by atoms with E-state index in [1.165, 1.54) is 0 Å². The number of hydrogen-bond donors (Lipinski definition) is 1. The minimum atomic E-state index is 0.0503. The molecule has 3 nitrogen and oxygen atoms in total. The summed E-state index contributed by atoms with van der Waals surface area (Å²) in [7, 11) is 1.93. The van der Waals surface area contributed by atoms with Crippen LogP contribution in [0.3, 0.4) is 0 Å². The SMILES string of the molecule is CNCC(OCC1CCOC1)c1cccc(Cl)c1. The summed E-state index contributed by atoms with van der Waals surface area (Å²) in [6.45, 7) is 3.22. The highest BCUT2D eigenvalue weighted by Crippen LogP contribution is 2.22. The monoisotopic (exact) mass is 269 g/mol. The van der Waals surface area contributed by atoms with E-state index in [0.29, 0.717) is 5.92 Å². The van der Waals surface area contributed by atoms with Crippen LogP contribution in [-0.2, 0) is 9.47 Å². The van der Waals surface area contributed by atoms with Crippen molar-refractivity contribution in [2.75, 3.05) is 33.4 Å². The minimum absolute atomic E-state index is 0.0503. The molecule has 0 bridgehead atoms. The lowest BCUT2D eigenvalue weighted by Gasteiger charge is -2.20. The number of halogens is 1. The summed E-state index contributed by atoms with van der Waals surface area (Å²) in [5.41, 5.74) is 1.12. The molecule has 100 valence electrons. The van der Waals surface area contributed by atoms with Crippen molar-refractivity contribution in [3.8, 4) is 0 Å². The number of benzene rings is 1. The Morgan fingerprint density at radius 1 is 1.56 bits per heavy atom. The van der Waals surface area contributed by atoms with E-state index in [9.17, 15) is 0 Å². The van der Waals surface area contributed by atoms with E-state index in [-0.39, 0.29) is 6.10 Å². The highest BCUT2D eigenvalue weighted by atomic mass is 35.5. The Morgan fingerprint density at radius 2 is 2.44 bits per heavy atom. The summed E-state index contributed by atoms with van der Waals surface area (Å²) in [6.07, 6.45) is 1.15. The van der Waals surface area contributed by atoms with Crippen molar-refractivity contribution in [3.63, 3.8) is 0 Å². The van der Waals surface area contributed by atoms with E-state index in [0.717, 1.165) is 43.4 Å². The van der Waals surface area contributed by atoms with Crippen molar-refractivity contribution in [3.05, 3.63) is 34.9 Å². The molecule has 0 spiro atoms. The summed E-state index contributed by atoms with van der Waals surface area (Å²) in [6, 6.07) is 7.86. The van der Waals surface area contributed by atoms with Gasteiger partial charge in [0.2, 0.25) is 0 Å². The maximum absolute atomic E-state index is 6.02. The smallest absolute Gasteiger partial charge is 0.0949 e. The maximum atomic E-state index is 6.02. The number of nitrogens with one attached hydrogen (secondary N) is 1. The summed E-state index contributed by atoms with van der Waals surface area (Å²) in [4.78, 5) is 0. The van der Waals surface area contributed by atoms with Crippen molar-refractivity contribution in [1.82, 2.24) is 5.32 Å². The van der Waals surface area contributed by atoms with Gasteiger partial charge in [-0.15, -0.1) is 0 Å². The third-order valence-electron chi connectivity index (χ3n) is 3.17. The Hall–Kier alpha value is -0.610. The summed E-state index contributed by atoms with van der Waals surface area (Å²) in [5, 5.41) is 3.91. The van der Waals surface area contributed by atoms with Gasteiger partial charge in [-0.2, -0.15) is 0 Å². The molecule has 18 heavy (non-hydrogen) atoms. The Kier molecular flexibility index (Phi) is 5.45. The first-order valence-electron chi connectivity index (χ1n) is 6.39. The number of likely N-dealkylation sites (N-methyl/N-ethyl adjacent to an activating group) is 1. The fourth-order valence-electron chi connectivity index (χ4n) is 2.13. The second kappa shape index (κ2) is 7.10. The molecule has 2 unspecified atom stereocenters. The Labute approximate surface area is 113 Å². The zero-order valence-corrected chi connectivity index (χ0v) is 11.5. The molecule has 1 aromatic rings. The fourth-order valence-corrected chi connectivity index (χ4v) is 2.33. The number of hydrogen-bond acceptors (Lipinski definition) is 3. The highest BCUT2D eigenvalue weighted by Gasteiger charge is 2.19. The molecule has 0 aromatic heterocycles. The molecule has 0 aliphatic carbocycles. The van der Waals surface area contributed by atoms with Gasteiger partial charge in [-0.3, -0.25) is 0 Å². The lowest BCUT2D eigenvalue weighted by atomic mass is 10.1. The van der Waals surface area contributed by atoms with Gasteiger partial charge in [0, 0.05) is 24.1 Å². The van der Waals surface area contributed by atoms with E-state index in [2.05, 4.69) is 11.4 Å². The van der Waals surface area contributed by atoms with Crippen LogP contribution in [0.25, 0.3) is 0 Å². The summed E-state index contributed by atoms with van der Waals surface area (Å²) in [5.74, 6) is 0.531. The van der Waals surface area contributed by atoms with Crippen LogP contribution in [0.1, 0.15) is 18.1 Å². The normalized spacial score (nSPS) is 21.1. The van der Waals surface area contributed by atoms with E-state index in [1.807, 2.05) is 25.2 Å². The predicted octanol–water partition coefficient (Wildman–Crippen LogP) is 2.65. The first-order valence-corrected chi connectivity index (χ1v) is 6.77. The molecule has 1 fully saturated rings. The van der Waals surface area contributed by atoms with Gasteiger partial charge in [0.05, 0.1) is 19.3 Å². The molecular formula is C14H20ClNO2. The fraction of sp³-hybridized carbons (Fsp3) is 0.571. The number of rotatable bonds is 6. The largest absolute Gasteiger partial charge is 0.381 e. The first kappa shape index (κ1) is 13.8. The molecule has 0 radical (unpaired) electrons. The Bertz CT molecular complexity index is 367. The molecule has 2 rings (SSSR count). The quantitative estimate of drug-likeness (QED) is 0.861. The van der Waals surface area contributed by atoms with Gasteiger partial charge in [-0.25, -0.2) is 0 Å². The second-order valence-electron chi connectivity index (χ2n) is 4.66. The topological polar surface area (TPSA) is 30.5 Å². The van der Waals surface area contributed by atoms with Crippen molar-refractivity contribution >= 4 is 11.6 Å². The molecule has 4 heteroatoms. The predicted molar refractivity (Wildman–Crippen MR) is 73.0 cm³/mol. The van der Waals surface area contributed by atoms with E-state index >= 15 is 0 Å². The van der Waals surface area contributed by atoms with Crippen molar-refractivity contribution < 1.29 is 9.47 Å². The van der Waals surface area contributed by atoms with Crippen LogP contribution in [0, 0.1) is 5.92 Å². The van der Waals surface area contributed by atoms with Crippen LogP contribution in [0.15, 0.2) is 24.3 Å². The average molecular weight is 270 g/mol. The minimum Gasteiger partial charge on any atom is -0.381 e. The summed E-state index contributed by atoms with van der Waals surface area (Å²) >= 11 is 6.02. The van der Waals surface area contributed by atoms with E-state index in [1.54, 1.807) is 0 Å². The Balaban J connectivity index is 1.94. The van der Waals surface area contributed by atoms with Crippen LogP contribution in [0.4, 0.5) is 0 Å². The standard InChI is InChI=1S/C14H20ClNO2/c1-16-8-14(12-3-2-4-13(15)7-12)18-10-11-5-6-17-9-11/h2-4,7,11,14,16H,5-6,8-10H2,1H3. The zero-order chi connectivity index (χ0) is 12.8. The third kappa shape index (κ3) is 3.95. The molecule has 1 aliphatic rings. The lowest BCUT2D eigenvalue weighted by molar-refractivity contribution is 0.0264. The Morgan fingerprint density at radius 3 is 3.11 bits per heavy atom. The molecule has 1 aromatic carbocycles. The molecule has 1 saturated heterocycles. The van der Waals surface area contributed by atoms with Crippen LogP contribution in [0.5, 0.6) is 0 Å². The molecule has 2 atom stereocenters. The van der Waals surface area contributed by atoms with E-state index < -0.39 is 0 Å². The molecule has 0 saturated carbocycles. The molecule has 1 N–H and O–H groups in total. The van der Waals surface area contributed by atoms with Crippen molar-refractivity contribution in [1.29, 1.82) is 0 Å². The van der Waals surface area contributed by atoms with Crippen molar-refractivity contribution in [2.45, 2.75) is 12.5 Å². The number of ether oxygens (including phenoxy) is 2.